The minimum atomic E-state index is -3.24. The van der Waals surface area contributed by atoms with Crippen molar-refractivity contribution in [2.24, 2.45) is 11.8 Å². The molecule has 4 nitrogen and oxygen atoms in total. The third-order valence-electron chi connectivity index (χ3n) is 3.24. The van der Waals surface area contributed by atoms with Crippen molar-refractivity contribution < 1.29 is 18.3 Å². The molecule has 0 bridgehead atoms. The Labute approximate surface area is 95.8 Å². The van der Waals surface area contributed by atoms with Crippen LogP contribution in [0.3, 0.4) is 0 Å². The molecule has 0 spiro atoms. The Hall–Kier alpha value is -0.570. The van der Waals surface area contributed by atoms with E-state index in [4.69, 9.17) is 13.8 Å². The van der Waals surface area contributed by atoms with Gasteiger partial charge in [-0.05, 0) is 24.5 Å². The molecule has 0 aromatic rings. The van der Waals surface area contributed by atoms with Gasteiger partial charge in [-0.2, -0.15) is 0 Å². The van der Waals surface area contributed by atoms with Crippen LogP contribution in [0.1, 0.15) is 13.3 Å². The van der Waals surface area contributed by atoms with E-state index in [1.54, 1.807) is 0 Å². The highest BCUT2D eigenvalue weighted by Gasteiger charge is 2.40. The maximum atomic E-state index is 12.2. The average Bonchev–Trinajstić information content (AvgIpc) is 2.76. The summed E-state index contributed by atoms with van der Waals surface area (Å²) in [6.07, 6.45) is 7.01. The molecule has 2 aliphatic rings. The van der Waals surface area contributed by atoms with Gasteiger partial charge in [-0.3, -0.25) is 4.57 Å². The smallest absolute Gasteiger partial charge is 0.394 e. The molecule has 90 valence electrons. The summed E-state index contributed by atoms with van der Waals surface area (Å²) in [7, 11) is -0.497. The molecule has 0 aromatic carbocycles. The second kappa shape index (κ2) is 4.36. The topological polar surface area (TPSA) is 44.8 Å². The molecule has 0 fully saturated rings. The lowest BCUT2D eigenvalue weighted by atomic mass is 9.89. The molecule has 0 saturated carbocycles. The number of hydrogen-bond acceptors (Lipinski definition) is 4. The van der Waals surface area contributed by atoms with Gasteiger partial charge in [-0.15, -0.1) is 0 Å². The van der Waals surface area contributed by atoms with E-state index in [0.29, 0.717) is 17.3 Å². The van der Waals surface area contributed by atoms with E-state index in [1.807, 2.05) is 12.2 Å². The molecule has 0 N–H and O–H groups in total. The summed E-state index contributed by atoms with van der Waals surface area (Å²) in [4.78, 5) is 0. The first-order chi connectivity index (χ1) is 7.60. The third-order valence-corrected chi connectivity index (χ3v) is 5.00. The maximum absolute atomic E-state index is 12.2. The highest BCUT2D eigenvalue weighted by Crippen LogP contribution is 2.58. The van der Waals surface area contributed by atoms with Gasteiger partial charge in [0.2, 0.25) is 5.50 Å². The van der Waals surface area contributed by atoms with E-state index < -0.39 is 7.60 Å². The van der Waals surface area contributed by atoms with E-state index >= 15 is 0 Å². The van der Waals surface area contributed by atoms with Crippen LogP contribution in [-0.2, 0) is 18.3 Å². The Bertz CT molecular complexity index is 366. The van der Waals surface area contributed by atoms with Crippen molar-refractivity contribution in [1.82, 2.24) is 0 Å². The number of rotatable bonds is 3. The number of ether oxygens (including phenoxy) is 1. The van der Waals surface area contributed by atoms with Gasteiger partial charge in [-0.1, -0.05) is 13.0 Å². The van der Waals surface area contributed by atoms with Gasteiger partial charge in [0.1, 0.15) is 6.10 Å². The first kappa shape index (κ1) is 11.9. The zero-order valence-corrected chi connectivity index (χ0v) is 10.6. The second-order valence-corrected chi connectivity index (χ2v) is 6.30. The van der Waals surface area contributed by atoms with Crippen LogP contribution in [-0.4, -0.2) is 20.3 Å². The second-order valence-electron chi connectivity index (χ2n) is 4.14. The van der Waals surface area contributed by atoms with Gasteiger partial charge < -0.3 is 13.8 Å². The van der Waals surface area contributed by atoms with Gasteiger partial charge in [-0.25, -0.2) is 0 Å². The molecule has 1 heterocycles. The van der Waals surface area contributed by atoms with Crippen molar-refractivity contribution in [3.63, 3.8) is 0 Å². The Morgan fingerprint density at radius 2 is 2.12 bits per heavy atom. The molecule has 5 heteroatoms. The standard InChI is InChI=1S/C11H17O4P/c1-8-7-11(16(12,13-2)14-3)15-10-6-4-5-9(8)10/h4,6-10H,5H2,1-3H3/t8-,9-,10-/m1/s1. The molecule has 16 heavy (non-hydrogen) atoms. The lowest BCUT2D eigenvalue weighted by molar-refractivity contribution is 0.0784. The third kappa shape index (κ3) is 1.86. The quantitative estimate of drug-likeness (QED) is 0.565. The normalized spacial score (nSPS) is 33.2. The molecule has 2 rings (SSSR count). The lowest BCUT2D eigenvalue weighted by Crippen LogP contribution is -2.28. The van der Waals surface area contributed by atoms with Crippen LogP contribution in [0, 0.1) is 11.8 Å². The van der Waals surface area contributed by atoms with Gasteiger partial charge in [0.05, 0.1) is 0 Å². The maximum Gasteiger partial charge on any atom is 0.394 e. The summed E-state index contributed by atoms with van der Waals surface area (Å²) in [6, 6.07) is 0. The van der Waals surface area contributed by atoms with Crippen molar-refractivity contribution in [3.8, 4) is 0 Å². The average molecular weight is 244 g/mol. The fourth-order valence-electron chi connectivity index (χ4n) is 2.22. The number of allylic oxidation sites excluding steroid dienone is 2. The predicted octanol–water partition coefficient (Wildman–Crippen LogP) is 2.92. The minimum absolute atomic E-state index is 0.00799. The van der Waals surface area contributed by atoms with Gasteiger partial charge >= 0.3 is 7.60 Å². The molecule has 1 aliphatic carbocycles. The molecule has 0 amide bonds. The molecule has 0 radical (unpaired) electrons. The molecular weight excluding hydrogens is 227 g/mol. The summed E-state index contributed by atoms with van der Waals surface area (Å²) < 4.78 is 27.7. The van der Waals surface area contributed by atoms with Crippen LogP contribution in [0.25, 0.3) is 0 Å². The van der Waals surface area contributed by atoms with Crippen molar-refractivity contribution >= 4 is 7.60 Å². The van der Waals surface area contributed by atoms with Crippen LogP contribution in [0.4, 0.5) is 0 Å². The molecule has 0 saturated heterocycles. The molecule has 1 aliphatic heterocycles. The fourth-order valence-corrected chi connectivity index (χ4v) is 3.40. The molecule has 3 atom stereocenters. The minimum Gasteiger partial charge on any atom is -0.478 e. The van der Waals surface area contributed by atoms with E-state index in [9.17, 15) is 4.57 Å². The van der Waals surface area contributed by atoms with E-state index in [-0.39, 0.29) is 6.10 Å². The molecule has 0 aromatic heterocycles. The zero-order chi connectivity index (χ0) is 11.8. The molecular formula is C11H17O4P. The van der Waals surface area contributed by atoms with Crippen LogP contribution in [0.15, 0.2) is 23.7 Å². The van der Waals surface area contributed by atoms with Crippen molar-refractivity contribution in [3.05, 3.63) is 23.7 Å². The van der Waals surface area contributed by atoms with E-state index in [1.165, 1.54) is 14.2 Å². The van der Waals surface area contributed by atoms with Gasteiger partial charge in [0, 0.05) is 20.1 Å². The van der Waals surface area contributed by atoms with Crippen LogP contribution in [0.2, 0.25) is 0 Å². The summed E-state index contributed by atoms with van der Waals surface area (Å²) in [5.74, 6) is 0.772. The molecule has 0 unspecified atom stereocenters. The van der Waals surface area contributed by atoms with Gasteiger partial charge in [0.25, 0.3) is 0 Å². The Balaban J connectivity index is 2.26. The number of hydrogen-bond donors (Lipinski definition) is 0. The Kier molecular flexibility index (Phi) is 3.24. The first-order valence-electron chi connectivity index (χ1n) is 5.38. The van der Waals surface area contributed by atoms with Crippen LogP contribution < -0.4 is 0 Å². The van der Waals surface area contributed by atoms with Crippen molar-refractivity contribution in [2.45, 2.75) is 19.4 Å². The lowest BCUT2D eigenvalue weighted by Gasteiger charge is -2.32. The fraction of sp³-hybridized carbons (Fsp3) is 0.636. The highest BCUT2D eigenvalue weighted by atomic mass is 31.2. The Morgan fingerprint density at radius 1 is 1.44 bits per heavy atom. The SMILES string of the molecule is COP(=O)(OC)C1=C[C@@H](C)[C@H]2CC=C[C@H]2O1. The summed E-state index contributed by atoms with van der Waals surface area (Å²) >= 11 is 0. The number of fused-ring (bicyclic) bond motifs is 1. The zero-order valence-electron chi connectivity index (χ0n) is 9.75. The summed E-state index contributed by atoms with van der Waals surface area (Å²) in [6.45, 7) is 2.10. The summed E-state index contributed by atoms with van der Waals surface area (Å²) in [5, 5.41) is 0. The van der Waals surface area contributed by atoms with Crippen molar-refractivity contribution in [1.29, 1.82) is 0 Å². The van der Waals surface area contributed by atoms with E-state index in [2.05, 4.69) is 13.0 Å². The van der Waals surface area contributed by atoms with Crippen LogP contribution >= 0.6 is 7.60 Å². The highest BCUT2D eigenvalue weighted by molar-refractivity contribution is 7.58. The predicted molar refractivity (Wildman–Crippen MR) is 61.0 cm³/mol. The monoisotopic (exact) mass is 244 g/mol. The Morgan fingerprint density at radius 3 is 2.75 bits per heavy atom. The van der Waals surface area contributed by atoms with Crippen molar-refractivity contribution in [2.75, 3.05) is 14.2 Å². The largest absolute Gasteiger partial charge is 0.478 e. The van der Waals surface area contributed by atoms with E-state index in [0.717, 1.165) is 6.42 Å². The van der Waals surface area contributed by atoms with Crippen LogP contribution in [0.5, 0.6) is 0 Å². The van der Waals surface area contributed by atoms with Gasteiger partial charge in [0.15, 0.2) is 0 Å². The summed E-state index contributed by atoms with van der Waals surface area (Å²) in [5.41, 5.74) is 0.345. The first-order valence-corrected chi connectivity index (χ1v) is 6.92.